The van der Waals surface area contributed by atoms with Crippen molar-refractivity contribution in [2.75, 3.05) is 32.0 Å². The van der Waals surface area contributed by atoms with Gasteiger partial charge in [-0.05, 0) is 26.0 Å². The fourth-order valence-electron chi connectivity index (χ4n) is 1.95. The number of nitrogens with one attached hydrogen (secondary N) is 2. The SMILES string of the molecule is C=C(C)CN(CC)C(=O)CNc1ccccc1C(=O)NC. The number of benzene rings is 1. The number of carbonyl (C=O) groups is 2. The van der Waals surface area contributed by atoms with Crippen molar-refractivity contribution in [3.8, 4) is 0 Å². The van der Waals surface area contributed by atoms with Gasteiger partial charge in [-0.2, -0.15) is 0 Å². The standard InChI is InChI=1S/C16H23N3O2/c1-5-19(11-12(2)3)15(20)10-18-14-9-7-6-8-13(14)16(21)17-4/h6-9,18H,2,5,10-11H2,1,3-4H3,(H,17,21). The number of hydrogen-bond donors (Lipinski definition) is 2. The van der Waals surface area contributed by atoms with Crippen molar-refractivity contribution in [2.45, 2.75) is 13.8 Å². The van der Waals surface area contributed by atoms with Gasteiger partial charge in [0.15, 0.2) is 0 Å². The second-order valence-electron chi connectivity index (χ2n) is 4.84. The third kappa shape index (κ3) is 4.95. The first kappa shape index (κ1) is 16.8. The lowest BCUT2D eigenvalue weighted by Crippen LogP contribution is -2.36. The Morgan fingerprint density at radius 2 is 1.95 bits per heavy atom. The molecule has 2 N–H and O–H groups in total. The van der Waals surface area contributed by atoms with Gasteiger partial charge in [0.25, 0.3) is 5.91 Å². The van der Waals surface area contributed by atoms with Gasteiger partial charge in [-0.25, -0.2) is 0 Å². The van der Waals surface area contributed by atoms with Crippen molar-refractivity contribution in [1.29, 1.82) is 0 Å². The highest BCUT2D eigenvalue weighted by Crippen LogP contribution is 2.14. The number of carbonyl (C=O) groups excluding carboxylic acids is 2. The largest absolute Gasteiger partial charge is 0.376 e. The molecule has 21 heavy (non-hydrogen) atoms. The van der Waals surface area contributed by atoms with E-state index < -0.39 is 0 Å². The molecule has 0 aromatic heterocycles. The van der Waals surface area contributed by atoms with E-state index >= 15 is 0 Å². The van der Waals surface area contributed by atoms with Crippen LogP contribution in [0.1, 0.15) is 24.2 Å². The van der Waals surface area contributed by atoms with E-state index in [1.807, 2.05) is 19.9 Å². The van der Waals surface area contributed by atoms with E-state index in [-0.39, 0.29) is 18.4 Å². The van der Waals surface area contributed by atoms with Gasteiger partial charge < -0.3 is 15.5 Å². The van der Waals surface area contributed by atoms with Gasteiger partial charge in [-0.15, -0.1) is 0 Å². The second kappa shape index (κ2) is 8.09. The summed E-state index contributed by atoms with van der Waals surface area (Å²) in [6.45, 7) is 8.97. The minimum atomic E-state index is -0.181. The molecular formula is C16H23N3O2. The van der Waals surface area contributed by atoms with E-state index in [0.717, 1.165) is 5.57 Å². The Morgan fingerprint density at radius 3 is 2.52 bits per heavy atom. The predicted molar refractivity (Wildman–Crippen MR) is 85.4 cm³/mol. The molecule has 1 aromatic rings. The first-order valence-corrected chi connectivity index (χ1v) is 6.96. The molecule has 0 radical (unpaired) electrons. The van der Waals surface area contributed by atoms with E-state index in [1.54, 1.807) is 30.1 Å². The van der Waals surface area contributed by atoms with E-state index in [1.165, 1.54) is 0 Å². The molecule has 5 heteroatoms. The minimum Gasteiger partial charge on any atom is -0.376 e. The number of hydrogen-bond acceptors (Lipinski definition) is 3. The normalized spacial score (nSPS) is 9.86. The van der Waals surface area contributed by atoms with Gasteiger partial charge in [0, 0.05) is 25.8 Å². The Labute approximate surface area is 126 Å². The van der Waals surface area contributed by atoms with Crippen LogP contribution >= 0.6 is 0 Å². The Morgan fingerprint density at radius 1 is 1.29 bits per heavy atom. The van der Waals surface area contributed by atoms with Gasteiger partial charge in [-0.1, -0.05) is 24.3 Å². The lowest BCUT2D eigenvalue weighted by molar-refractivity contribution is -0.128. The summed E-state index contributed by atoms with van der Waals surface area (Å²) in [5.41, 5.74) is 2.11. The maximum Gasteiger partial charge on any atom is 0.253 e. The van der Waals surface area contributed by atoms with Crippen LogP contribution in [0.5, 0.6) is 0 Å². The summed E-state index contributed by atoms with van der Waals surface area (Å²) in [5.74, 6) is -0.202. The molecule has 0 atom stereocenters. The highest BCUT2D eigenvalue weighted by Gasteiger charge is 2.13. The van der Waals surface area contributed by atoms with E-state index in [0.29, 0.717) is 24.3 Å². The quantitative estimate of drug-likeness (QED) is 0.753. The van der Waals surface area contributed by atoms with Crippen molar-refractivity contribution in [2.24, 2.45) is 0 Å². The molecule has 0 fully saturated rings. The van der Waals surface area contributed by atoms with Crippen LogP contribution in [0.2, 0.25) is 0 Å². The summed E-state index contributed by atoms with van der Waals surface area (Å²) < 4.78 is 0. The van der Waals surface area contributed by atoms with Crippen LogP contribution in [0.15, 0.2) is 36.4 Å². The third-order valence-corrected chi connectivity index (χ3v) is 3.02. The topological polar surface area (TPSA) is 61.4 Å². The van der Waals surface area contributed by atoms with Crippen molar-refractivity contribution >= 4 is 17.5 Å². The summed E-state index contributed by atoms with van der Waals surface area (Å²) in [7, 11) is 1.58. The van der Waals surface area contributed by atoms with Crippen LogP contribution in [-0.2, 0) is 4.79 Å². The predicted octanol–water partition coefficient (Wildman–Crippen LogP) is 1.88. The monoisotopic (exact) mass is 289 g/mol. The second-order valence-corrected chi connectivity index (χ2v) is 4.84. The molecule has 0 aliphatic carbocycles. The zero-order chi connectivity index (χ0) is 15.8. The van der Waals surface area contributed by atoms with Crippen LogP contribution < -0.4 is 10.6 Å². The fraction of sp³-hybridized carbons (Fsp3) is 0.375. The fourth-order valence-corrected chi connectivity index (χ4v) is 1.95. The zero-order valence-electron chi connectivity index (χ0n) is 12.9. The molecule has 0 heterocycles. The van der Waals surface area contributed by atoms with E-state index in [4.69, 9.17) is 0 Å². The molecule has 0 saturated carbocycles. The van der Waals surface area contributed by atoms with Crippen molar-refractivity contribution in [3.05, 3.63) is 42.0 Å². The highest BCUT2D eigenvalue weighted by molar-refractivity contribution is 5.99. The average molecular weight is 289 g/mol. The zero-order valence-corrected chi connectivity index (χ0v) is 12.9. The van der Waals surface area contributed by atoms with Crippen molar-refractivity contribution < 1.29 is 9.59 Å². The first-order valence-electron chi connectivity index (χ1n) is 6.96. The van der Waals surface area contributed by atoms with Gasteiger partial charge in [-0.3, -0.25) is 9.59 Å². The molecule has 0 spiro atoms. The van der Waals surface area contributed by atoms with Crippen LogP contribution in [0, 0.1) is 0 Å². The van der Waals surface area contributed by atoms with Crippen LogP contribution in [0.25, 0.3) is 0 Å². The molecular weight excluding hydrogens is 266 g/mol. The van der Waals surface area contributed by atoms with E-state index in [2.05, 4.69) is 17.2 Å². The maximum atomic E-state index is 12.2. The van der Waals surface area contributed by atoms with Crippen LogP contribution in [0.4, 0.5) is 5.69 Å². The van der Waals surface area contributed by atoms with Gasteiger partial charge >= 0.3 is 0 Å². The lowest BCUT2D eigenvalue weighted by atomic mass is 10.1. The number of nitrogens with zero attached hydrogens (tertiary/aromatic N) is 1. The van der Waals surface area contributed by atoms with Gasteiger partial charge in [0.05, 0.1) is 12.1 Å². The minimum absolute atomic E-state index is 0.0211. The molecule has 5 nitrogen and oxygen atoms in total. The molecule has 0 unspecified atom stereocenters. The molecule has 0 bridgehead atoms. The summed E-state index contributed by atoms with van der Waals surface area (Å²) in [6, 6.07) is 7.12. The Bertz CT molecular complexity index is 526. The van der Waals surface area contributed by atoms with Crippen LogP contribution in [-0.4, -0.2) is 43.4 Å². The van der Waals surface area contributed by atoms with Gasteiger partial charge in [0.1, 0.15) is 0 Å². The highest BCUT2D eigenvalue weighted by atomic mass is 16.2. The molecule has 114 valence electrons. The molecule has 0 aliphatic rings. The van der Waals surface area contributed by atoms with Gasteiger partial charge in [0.2, 0.25) is 5.91 Å². The first-order chi connectivity index (χ1) is 9.99. The summed E-state index contributed by atoms with van der Waals surface area (Å²) in [4.78, 5) is 25.6. The number of anilines is 1. The third-order valence-electron chi connectivity index (χ3n) is 3.02. The van der Waals surface area contributed by atoms with E-state index in [9.17, 15) is 9.59 Å². The summed E-state index contributed by atoms with van der Waals surface area (Å²) in [5, 5.41) is 5.62. The average Bonchev–Trinajstić information content (AvgIpc) is 2.49. The number of rotatable bonds is 7. The van der Waals surface area contributed by atoms with Crippen molar-refractivity contribution in [3.63, 3.8) is 0 Å². The number of para-hydroxylation sites is 1. The van der Waals surface area contributed by atoms with Crippen molar-refractivity contribution in [1.82, 2.24) is 10.2 Å². The molecule has 2 amide bonds. The summed E-state index contributed by atoms with van der Waals surface area (Å²) in [6.07, 6.45) is 0. The molecule has 0 saturated heterocycles. The maximum absolute atomic E-state index is 12.2. The Hall–Kier alpha value is -2.30. The smallest absolute Gasteiger partial charge is 0.253 e. The summed E-state index contributed by atoms with van der Waals surface area (Å²) >= 11 is 0. The molecule has 1 rings (SSSR count). The van der Waals surface area contributed by atoms with Crippen LogP contribution in [0.3, 0.4) is 0 Å². The Kier molecular flexibility index (Phi) is 6.46. The lowest BCUT2D eigenvalue weighted by Gasteiger charge is -2.21. The molecule has 0 aliphatic heterocycles. The molecule has 1 aromatic carbocycles. The Balaban J connectivity index is 2.72. The number of likely N-dealkylation sites (N-methyl/N-ethyl adjacent to an activating group) is 1. The number of amides is 2.